The molecule has 3 nitrogen and oxygen atoms in total. The molecule has 0 aromatic heterocycles. The van der Waals surface area contributed by atoms with Crippen molar-refractivity contribution in [2.45, 2.75) is 6.17 Å². The zero-order valence-electron chi connectivity index (χ0n) is 5.41. The van der Waals surface area contributed by atoms with Crippen molar-refractivity contribution < 1.29 is 0 Å². The number of hydrogen-bond donors (Lipinski definition) is 2. The van der Waals surface area contributed by atoms with E-state index in [2.05, 4.69) is 5.43 Å². The predicted molar refractivity (Wildman–Crippen MR) is 37.2 cm³/mol. The highest BCUT2D eigenvalue weighted by atomic mass is 15.4. The summed E-state index contributed by atoms with van der Waals surface area (Å²) < 4.78 is 0. The minimum atomic E-state index is 0.148. The van der Waals surface area contributed by atoms with E-state index < -0.39 is 0 Å². The summed E-state index contributed by atoms with van der Waals surface area (Å²) in [5.74, 6) is 5.22. The van der Waals surface area contributed by atoms with Gasteiger partial charge in [0, 0.05) is 13.2 Å². The molecule has 0 saturated heterocycles. The summed E-state index contributed by atoms with van der Waals surface area (Å²) in [5.41, 5.74) is 2.64. The van der Waals surface area contributed by atoms with E-state index in [1.165, 1.54) is 0 Å². The third-order valence-corrected chi connectivity index (χ3v) is 1.34. The molecule has 0 aromatic rings. The van der Waals surface area contributed by atoms with Gasteiger partial charge < -0.3 is 4.90 Å². The minimum Gasteiger partial charge on any atom is -0.361 e. The monoisotopic (exact) mass is 125 g/mol. The summed E-state index contributed by atoms with van der Waals surface area (Å²) in [4.78, 5) is 1.99. The fraction of sp³-hybridized carbons (Fsp3) is 0.333. The maximum absolute atomic E-state index is 5.22. The Kier molecular flexibility index (Phi) is 1.87. The topological polar surface area (TPSA) is 41.3 Å². The van der Waals surface area contributed by atoms with Crippen molar-refractivity contribution >= 4 is 0 Å². The van der Waals surface area contributed by atoms with Crippen LogP contribution in [-0.4, -0.2) is 18.1 Å². The number of rotatable bonds is 1. The Hall–Kier alpha value is -0.800. The van der Waals surface area contributed by atoms with Crippen LogP contribution in [-0.2, 0) is 0 Å². The Morgan fingerprint density at radius 1 is 1.56 bits per heavy atom. The van der Waals surface area contributed by atoms with Crippen molar-refractivity contribution in [3.8, 4) is 0 Å². The van der Waals surface area contributed by atoms with Crippen molar-refractivity contribution in [1.29, 1.82) is 0 Å². The van der Waals surface area contributed by atoms with Crippen LogP contribution in [0.2, 0.25) is 0 Å². The first-order chi connectivity index (χ1) is 4.34. The molecule has 1 rings (SSSR count). The molecular weight excluding hydrogens is 114 g/mol. The van der Waals surface area contributed by atoms with E-state index >= 15 is 0 Å². The minimum absolute atomic E-state index is 0.148. The molecule has 0 spiro atoms. The second kappa shape index (κ2) is 2.66. The summed E-state index contributed by atoms with van der Waals surface area (Å²) in [7, 11) is 1.96. The summed E-state index contributed by atoms with van der Waals surface area (Å²) in [6, 6.07) is 0. The Bertz CT molecular complexity index is 139. The molecule has 3 N–H and O–H groups in total. The van der Waals surface area contributed by atoms with Crippen molar-refractivity contribution in [3.63, 3.8) is 0 Å². The fourth-order valence-electron chi connectivity index (χ4n) is 0.756. The molecule has 0 amide bonds. The molecule has 0 aliphatic carbocycles. The first-order valence-corrected chi connectivity index (χ1v) is 2.87. The van der Waals surface area contributed by atoms with Gasteiger partial charge in [0.1, 0.15) is 6.17 Å². The second-order valence-electron chi connectivity index (χ2n) is 2.00. The number of nitrogens with one attached hydrogen (secondary N) is 1. The normalized spacial score (nSPS) is 25.1. The van der Waals surface area contributed by atoms with E-state index in [0.717, 1.165) is 0 Å². The summed E-state index contributed by atoms with van der Waals surface area (Å²) in [5, 5.41) is 0. The van der Waals surface area contributed by atoms with Crippen LogP contribution in [0.3, 0.4) is 0 Å². The average Bonchev–Trinajstić information content (AvgIpc) is 1.89. The highest BCUT2D eigenvalue weighted by Crippen LogP contribution is 1.99. The zero-order chi connectivity index (χ0) is 6.69. The highest BCUT2D eigenvalue weighted by molar-refractivity contribution is 5.11. The van der Waals surface area contributed by atoms with Crippen LogP contribution in [0.15, 0.2) is 24.4 Å². The van der Waals surface area contributed by atoms with Crippen LogP contribution in [0, 0.1) is 0 Å². The van der Waals surface area contributed by atoms with Crippen LogP contribution in [0.4, 0.5) is 0 Å². The lowest BCUT2D eigenvalue weighted by molar-refractivity contribution is 0.328. The van der Waals surface area contributed by atoms with E-state index in [0.29, 0.717) is 0 Å². The first-order valence-electron chi connectivity index (χ1n) is 2.87. The maximum Gasteiger partial charge on any atom is 0.110 e. The van der Waals surface area contributed by atoms with Crippen LogP contribution in [0.5, 0.6) is 0 Å². The van der Waals surface area contributed by atoms with E-state index in [9.17, 15) is 0 Å². The molecule has 9 heavy (non-hydrogen) atoms. The lowest BCUT2D eigenvalue weighted by atomic mass is 10.3. The third kappa shape index (κ3) is 1.31. The number of likely N-dealkylation sites (N-methyl/N-ethyl adjacent to an activating group) is 1. The fourth-order valence-corrected chi connectivity index (χ4v) is 0.756. The molecule has 1 heterocycles. The Morgan fingerprint density at radius 2 is 2.33 bits per heavy atom. The number of nitrogens with two attached hydrogens (primary N) is 1. The van der Waals surface area contributed by atoms with Crippen molar-refractivity contribution in [2.24, 2.45) is 5.84 Å². The Balaban J connectivity index is 2.55. The van der Waals surface area contributed by atoms with Crippen LogP contribution < -0.4 is 11.3 Å². The van der Waals surface area contributed by atoms with Crippen LogP contribution in [0.25, 0.3) is 0 Å². The quantitative estimate of drug-likeness (QED) is 0.376. The Morgan fingerprint density at radius 3 is 2.78 bits per heavy atom. The van der Waals surface area contributed by atoms with Crippen molar-refractivity contribution in [1.82, 2.24) is 10.3 Å². The van der Waals surface area contributed by atoms with Gasteiger partial charge in [0.15, 0.2) is 0 Å². The maximum atomic E-state index is 5.22. The van der Waals surface area contributed by atoms with E-state index in [-0.39, 0.29) is 6.17 Å². The molecule has 0 aromatic carbocycles. The van der Waals surface area contributed by atoms with Crippen LogP contribution in [0.1, 0.15) is 0 Å². The third-order valence-electron chi connectivity index (χ3n) is 1.34. The van der Waals surface area contributed by atoms with Gasteiger partial charge in [-0.15, -0.1) is 0 Å². The van der Waals surface area contributed by atoms with E-state index in [4.69, 9.17) is 5.84 Å². The number of hydrogen-bond acceptors (Lipinski definition) is 3. The largest absolute Gasteiger partial charge is 0.361 e. The SMILES string of the molecule is CN1C=CC=CC1NN. The van der Waals surface area contributed by atoms with Crippen molar-refractivity contribution in [3.05, 3.63) is 24.4 Å². The molecule has 1 unspecified atom stereocenters. The lowest BCUT2D eigenvalue weighted by Gasteiger charge is -2.24. The molecule has 50 valence electrons. The van der Waals surface area contributed by atoms with Gasteiger partial charge in [0.25, 0.3) is 0 Å². The van der Waals surface area contributed by atoms with E-state index in [1.54, 1.807) is 0 Å². The molecule has 0 fully saturated rings. The average molecular weight is 125 g/mol. The van der Waals surface area contributed by atoms with Crippen LogP contribution >= 0.6 is 0 Å². The van der Waals surface area contributed by atoms with Gasteiger partial charge in [0.2, 0.25) is 0 Å². The smallest absolute Gasteiger partial charge is 0.110 e. The summed E-state index contributed by atoms with van der Waals surface area (Å²) in [6.07, 6.45) is 8.03. The standard InChI is InChI=1S/C6H11N3/c1-9-5-3-2-4-6(9)8-7/h2-6,8H,7H2,1H3. The van der Waals surface area contributed by atoms with Gasteiger partial charge in [-0.2, -0.15) is 0 Å². The molecule has 1 aliphatic heterocycles. The molecule has 3 heteroatoms. The zero-order valence-corrected chi connectivity index (χ0v) is 5.41. The molecule has 1 aliphatic rings. The van der Waals surface area contributed by atoms with E-state index in [1.807, 2.05) is 36.4 Å². The number of allylic oxidation sites excluding steroid dienone is 2. The lowest BCUT2D eigenvalue weighted by Crippen LogP contribution is -2.44. The second-order valence-corrected chi connectivity index (χ2v) is 2.00. The van der Waals surface area contributed by atoms with Crippen molar-refractivity contribution in [2.75, 3.05) is 7.05 Å². The summed E-state index contributed by atoms with van der Waals surface area (Å²) in [6.45, 7) is 0. The van der Waals surface area contributed by atoms with Gasteiger partial charge >= 0.3 is 0 Å². The number of hydrazine groups is 1. The van der Waals surface area contributed by atoms with Gasteiger partial charge in [-0.3, -0.25) is 5.84 Å². The molecule has 0 saturated carbocycles. The molecule has 0 radical (unpaired) electrons. The van der Waals surface area contributed by atoms with Gasteiger partial charge in [-0.1, -0.05) is 6.08 Å². The molecule has 0 bridgehead atoms. The molecular formula is C6H11N3. The summed E-state index contributed by atoms with van der Waals surface area (Å²) >= 11 is 0. The molecule has 1 atom stereocenters. The Labute approximate surface area is 54.8 Å². The number of nitrogens with zero attached hydrogens (tertiary/aromatic N) is 1. The van der Waals surface area contributed by atoms with Gasteiger partial charge in [-0.25, -0.2) is 5.43 Å². The van der Waals surface area contributed by atoms with Gasteiger partial charge in [-0.05, 0) is 12.2 Å². The van der Waals surface area contributed by atoms with Gasteiger partial charge in [0.05, 0.1) is 0 Å². The highest BCUT2D eigenvalue weighted by Gasteiger charge is 2.05. The predicted octanol–water partition coefficient (Wildman–Crippen LogP) is -0.209. The first kappa shape index (κ1) is 6.32.